The number of hydrogen-bond acceptors (Lipinski definition) is 6. The van der Waals surface area contributed by atoms with E-state index in [4.69, 9.17) is 10.8 Å². The molecule has 0 bridgehead atoms. The number of nitrogens with two attached hydrogens (primary N) is 1. The molecule has 2 aromatic rings. The van der Waals surface area contributed by atoms with Gasteiger partial charge in [0.15, 0.2) is 0 Å². The number of piperidine rings is 1. The van der Waals surface area contributed by atoms with Crippen LogP contribution < -0.4 is 21.7 Å². The highest BCUT2D eigenvalue weighted by Crippen LogP contribution is 2.30. The zero-order valence-corrected chi connectivity index (χ0v) is 20.1. The molecule has 2 amide bonds. The van der Waals surface area contributed by atoms with E-state index < -0.39 is 17.9 Å². The third kappa shape index (κ3) is 7.61. The van der Waals surface area contributed by atoms with Gasteiger partial charge in [0, 0.05) is 44.3 Å². The Labute approximate surface area is 205 Å². The Balaban J connectivity index is 1.45. The van der Waals surface area contributed by atoms with E-state index in [-0.39, 0.29) is 31.6 Å². The second kappa shape index (κ2) is 13.0. The lowest BCUT2D eigenvalue weighted by Crippen LogP contribution is -2.55. The molecule has 35 heavy (non-hydrogen) atoms. The van der Waals surface area contributed by atoms with Gasteiger partial charge in [-0.1, -0.05) is 48.5 Å². The Morgan fingerprint density at radius 2 is 1.83 bits per heavy atom. The van der Waals surface area contributed by atoms with Crippen LogP contribution >= 0.6 is 0 Å². The molecule has 1 heterocycles. The van der Waals surface area contributed by atoms with E-state index in [0.29, 0.717) is 6.04 Å². The Bertz CT molecular complexity index is 1040. The molecule has 1 fully saturated rings. The van der Waals surface area contributed by atoms with Crippen molar-refractivity contribution in [3.8, 4) is 0 Å². The number of rotatable bonds is 11. The Kier molecular flexibility index (Phi) is 9.77. The van der Waals surface area contributed by atoms with E-state index in [1.807, 2.05) is 0 Å². The number of likely N-dealkylation sites (tertiary alicyclic amines) is 1. The molecule has 0 radical (unpaired) electrons. The van der Waals surface area contributed by atoms with Crippen LogP contribution in [0.15, 0.2) is 54.6 Å². The third-order valence-electron chi connectivity index (χ3n) is 6.44. The minimum Gasteiger partial charge on any atom is -0.478 e. The molecule has 3 rings (SSSR count). The molecule has 6 N–H and O–H groups in total. The zero-order chi connectivity index (χ0) is 25.2. The Morgan fingerprint density at radius 3 is 2.54 bits per heavy atom. The van der Waals surface area contributed by atoms with E-state index in [1.54, 1.807) is 0 Å². The van der Waals surface area contributed by atoms with E-state index in [0.717, 1.165) is 32.0 Å². The van der Waals surface area contributed by atoms with Crippen LogP contribution in [0, 0.1) is 0 Å². The fraction of sp³-hybridized carbons (Fsp3) is 0.423. The first-order chi connectivity index (χ1) is 16.9. The quantitative estimate of drug-likeness (QED) is 0.304. The van der Waals surface area contributed by atoms with Crippen molar-refractivity contribution in [2.24, 2.45) is 5.73 Å². The maximum absolute atomic E-state index is 12.5. The molecule has 2 unspecified atom stereocenters. The fourth-order valence-corrected chi connectivity index (χ4v) is 4.49. The lowest BCUT2D eigenvalue weighted by atomic mass is 9.96. The summed E-state index contributed by atoms with van der Waals surface area (Å²) in [7, 11) is 0. The molecule has 2 aromatic carbocycles. The monoisotopic (exact) mass is 481 g/mol. The Hall–Kier alpha value is -3.27. The summed E-state index contributed by atoms with van der Waals surface area (Å²) in [6, 6.07) is 14.8. The SMILES string of the molecule is CC(c1cccc2ccccc12)N1CCC(NC(CN)C(=O)NCC(=O)NC/C=C/C(=O)O)CC1. The summed E-state index contributed by atoms with van der Waals surface area (Å²) in [6.45, 7) is 4.07. The molecule has 0 aliphatic carbocycles. The highest BCUT2D eigenvalue weighted by atomic mass is 16.4. The van der Waals surface area contributed by atoms with Crippen molar-refractivity contribution in [2.75, 3.05) is 32.7 Å². The standard InChI is InChI=1S/C26H35N5O4/c1-18(21-9-4-7-19-6-2-3-8-22(19)21)31-14-11-20(12-15-31)30-23(16-27)26(35)29-17-24(32)28-13-5-10-25(33)34/h2-10,18,20,23,30H,11-17,27H2,1H3,(H,28,32)(H,29,35)(H,33,34)/b10-5+. The van der Waals surface area contributed by atoms with Crippen LogP contribution in [-0.4, -0.2) is 72.6 Å². The smallest absolute Gasteiger partial charge is 0.328 e. The molecule has 9 nitrogen and oxygen atoms in total. The second-order valence-electron chi connectivity index (χ2n) is 8.77. The van der Waals surface area contributed by atoms with Gasteiger partial charge in [-0.15, -0.1) is 0 Å². The average molecular weight is 482 g/mol. The summed E-state index contributed by atoms with van der Waals surface area (Å²) >= 11 is 0. The van der Waals surface area contributed by atoms with Gasteiger partial charge in [-0.3, -0.25) is 14.5 Å². The molecule has 0 saturated carbocycles. The number of carboxylic acids is 1. The van der Waals surface area contributed by atoms with Crippen LogP contribution in [0.1, 0.15) is 31.4 Å². The number of fused-ring (bicyclic) bond motifs is 1. The van der Waals surface area contributed by atoms with Crippen molar-refractivity contribution >= 4 is 28.6 Å². The van der Waals surface area contributed by atoms with Crippen LogP contribution in [0.5, 0.6) is 0 Å². The molecule has 1 saturated heterocycles. The normalized spacial score (nSPS) is 16.7. The van der Waals surface area contributed by atoms with Gasteiger partial charge in [-0.25, -0.2) is 4.79 Å². The van der Waals surface area contributed by atoms with Crippen LogP contribution in [0.3, 0.4) is 0 Å². The fourth-order valence-electron chi connectivity index (χ4n) is 4.49. The van der Waals surface area contributed by atoms with Gasteiger partial charge < -0.3 is 26.8 Å². The van der Waals surface area contributed by atoms with E-state index in [9.17, 15) is 14.4 Å². The van der Waals surface area contributed by atoms with Crippen molar-refractivity contribution in [3.05, 3.63) is 60.2 Å². The van der Waals surface area contributed by atoms with Crippen LogP contribution in [-0.2, 0) is 14.4 Å². The van der Waals surface area contributed by atoms with Gasteiger partial charge in [-0.2, -0.15) is 0 Å². The molecular formula is C26H35N5O4. The predicted molar refractivity (Wildman–Crippen MR) is 136 cm³/mol. The van der Waals surface area contributed by atoms with Crippen LogP contribution in [0.25, 0.3) is 10.8 Å². The first kappa shape index (κ1) is 26.3. The lowest BCUT2D eigenvalue weighted by molar-refractivity contribution is -0.131. The molecule has 1 aliphatic rings. The number of nitrogens with one attached hydrogen (secondary N) is 3. The van der Waals surface area contributed by atoms with Crippen molar-refractivity contribution in [1.29, 1.82) is 0 Å². The van der Waals surface area contributed by atoms with E-state index in [1.165, 1.54) is 22.4 Å². The first-order valence-electron chi connectivity index (χ1n) is 12.0. The molecule has 2 atom stereocenters. The topological polar surface area (TPSA) is 137 Å². The number of aliphatic carboxylic acids is 1. The van der Waals surface area contributed by atoms with Gasteiger partial charge >= 0.3 is 5.97 Å². The number of hydrogen-bond donors (Lipinski definition) is 5. The number of nitrogens with zero attached hydrogens (tertiary/aromatic N) is 1. The largest absolute Gasteiger partial charge is 0.478 e. The summed E-state index contributed by atoms with van der Waals surface area (Å²) in [4.78, 5) is 37.2. The maximum Gasteiger partial charge on any atom is 0.328 e. The molecule has 1 aliphatic heterocycles. The summed E-state index contributed by atoms with van der Waals surface area (Å²) in [5.41, 5.74) is 7.15. The van der Waals surface area contributed by atoms with Crippen molar-refractivity contribution in [2.45, 2.75) is 37.9 Å². The van der Waals surface area contributed by atoms with Gasteiger partial charge in [0.2, 0.25) is 11.8 Å². The number of carbonyl (C=O) groups excluding carboxylic acids is 2. The number of amides is 2. The van der Waals surface area contributed by atoms with Gasteiger partial charge in [0.1, 0.15) is 0 Å². The molecule has 0 spiro atoms. The molecular weight excluding hydrogens is 446 g/mol. The van der Waals surface area contributed by atoms with Crippen molar-refractivity contribution in [1.82, 2.24) is 20.9 Å². The molecule has 9 heteroatoms. The number of carboxylic acid groups (broad SMARTS) is 1. The molecule has 188 valence electrons. The summed E-state index contributed by atoms with van der Waals surface area (Å²) in [5, 5.41) is 19.5. The first-order valence-corrected chi connectivity index (χ1v) is 12.0. The van der Waals surface area contributed by atoms with E-state index in [2.05, 4.69) is 70.2 Å². The van der Waals surface area contributed by atoms with Gasteiger partial charge in [0.25, 0.3) is 0 Å². The average Bonchev–Trinajstić information content (AvgIpc) is 2.87. The maximum atomic E-state index is 12.5. The highest BCUT2D eigenvalue weighted by molar-refractivity contribution is 5.88. The molecule has 0 aromatic heterocycles. The van der Waals surface area contributed by atoms with Crippen molar-refractivity contribution in [3.63, 3.8) is 0 Å². The predicted octanol–water partition coefficient (Wildman–Crippen LogP) is 1.16. The summed E-state index contributed by atoms with van der Waals surface area (Å²) < 4.78 is 0. The summed E-state index contributed by atoms with van der Waals surface area (Å²) in [6.07, 6.45) is 4.06. The highest BCUT2D eigenvalue weighted by Gasteiger charge is 2.27. The second-order valence-corrected chi connectivity index (χ2v) is 8.77. The van der Waals surface area contributed by atoms with Gasteiger partial charge in [-0.05, 0) is 36.1 Å². The van der Waals surface area contributed by atoms with Crippen LogP contribution in [0.2, 0.25) is 0 Å². The van der Waals surface area contributed by atoms with Crippen molar-refractivity contribution < 1.29 is 19.5 Å². The van der Waals surface area contributed by atoms with E-state index >= 15 is 0 Å². The minimum absolute atomic E-state index is 0.0787. The third-order valence-corrected chi connectivity index (χ3v) is 6.44. The van der Waals surface area contributed by atoms with Gasteiger partial charge in [0.05, 0.1) is 12.6 Å². The number of carbonyl (C=O) groups is 3. The lowest BCUT2D eigenvalue weighted by Gasteiger charge is -2.38. The van der Waals surface area contributed by atoms with Crippen LogP contribution in [0.4, 0.5) is 0 Å². The zero-order valence-electron chi connectivity index (χ0n) is 20.1. The summed E-state index contributed by atoms with van der Waals surface area (Å²) in [5.74, 6) is -1.81. The Morgan fingerprint density at radius 1 is 1.11 bits per heavy atom. The number of benzene rings is 2. The minimum atomic E-state index is -1.08.